The molecule has 1 heterocycles. The minimum absolute atomic E-state index is 0.0941. The molecule has 1 atom stereocenters. The van der Waals surface area contributed by atoms with Gasteiger partial charge in [0, 0.05) is 7.05 Å². The zero-order chi connectivity index (χ0) is 6.85. The molecule has 0 spiro atoms. The maximum Gasteiger partial charge on any atom is 0.409 e. The Bertz CT molecular complexity index is 128. The fourth-order valence-electron chi connectivity index (χ4n) is 0.696. The van der Waals surface area contributed by atoms with Gasteiger partial charge in [-0.05, 0) is 0 Å². The van der Waals surface area contributed by atoms with Gasteiger partial charge in [0.05, 0.1) is 6.54 Å². The highest BCUT2D eigenvalue weighted by molar-refractivity contribution is 5.67. The summed E-state index contributed by atoms with van der Waals surface area (Å²) in [5, 5.41) is 0. The third-order valence-corrected chi connectivity index (χ3v) is 1.17. The summed E-state index contributed by atoms with van der Waals surface area (Å²) in [4.78, 5) is 11.7. The van der Waals surface area contributed by atoms with Crippen LogP contribution in [0.4, 0.5) is 9.18 Å². The zero-order valence-corrected chi connectivity index (χ0v) is 5.13. The quantitative estimate of drug-likeness (QED) is 0.479. The first-order valence-electron chi connectivity index (χ1n) is 2.72. The maximum atomic E-state index is 12.3. The Balaban J connectivity index is 2.44. The Morgan fingerprint density at radius 3 is 3.00 bits per heavy atom. The molecule has 0 radical (unpaired) electrons. The van der Waals surface area contributed by atoms with Crippen LogP contribution in [0, 0.1) is 0 Å². The molecular formula is C5H8FNO2. The zero-order valence-electron chi connectivity index (χ0n) is 5.13. The molecule has 3 nitrogen and oxygen atoms in total. The van der Waals surface area contributed by atoms with Gasteiger partial charge in [0.15, 0.2) is 6.17 Å². The van der Waals surface area contributed by atoms with E-state index in [1.807, 2.05) is 0 Å². The lowest BCUT2D eigenvalue weighted by Crippen LogP contribution is -2.41. The van der Waals surface area contributed by atoms with Gasteiger partial charge in [-0.15, -0.1) is 0 Å². The van der Waals surface area contributed by atoms with E-state index < -0.39 is 12.3 Å². The summed E-state index contributed by atoms with van der Waals surface area (Å²) in [7, 11) is 1.51. The minimum Gasteiger partial charge on any atom is -0.446 e. The molecule has 4 heteroatoms. The molecule has 0 saturated carbocycles. The van der Waals surface area contributed by atoms with Gasteiger partial charge in [-0.3, -0.25) is 0 Å². The third-order valence-electron chi connectivity index (χ3n) is 1.17. The van der Waals surface area contributed by atoms with Crippen LogP contribution in [0.25, 0.3) is 0 Å². The van der Waals surface area contributed by atoms with Crippen molar-refractivity contribution in [2.75, 3.05) is 20.2 Å². The van der Waals surface area contributed by atoms with Gasteiger partial charge in [0.1, 0.15) is 6.61 Å². The smallest absolute Gasteiger partial charge is 0.409 e. The topological polar surface area (TPSA) is 29.5 Å². The number of hydrogen-bond donors (Lipinski definition) is 0. The second-order valence-electron chi connectivity index (χ2n) is 2.05. The lowest BCUT2D eigenvalue weighted by atomic mass is 10.3. The lowest BCUT2D eigenvalue weighted by Gasteiger charge is -2.24. The number of halogens is 1. The van der Waals surface area contributed by atoms with E-state index in [2.05, 4.69) is 4.74 Å². The summed E-state index contributed by atoms with van der Waals surface area (Å²) in [6, 6.07) is 0. The molecule has 1 aliphatic rings. The van der Waals surface area contributed by atoms with Crippen LogP contribution in [0.5, 0.6) is 0 Å². The van der Waals surface area contributed by atoms with Crippen LogP contribution in [0.15, 0.2) is 0 Å². The number of rotatable bonds is 0. The molecule has 0 aromatic heterocycles. The van der Waals surface area contributed by atoms with E-state index in [4.69, 9.17) is 0 Å². The first-order valence-corrected chi connectivity index (χ1v) is 2.72. The van der Waals surface area contributed by atoms with E-state index >= 15 is 0 Å². The summed E-state index contributed by atoms with van der Waals surface area (Å²) in [5.74, 6) is 0. The number of nitrogens with zero attached hydrogens (tertiary/aromatic N) is 1. The van der Waals surface area contributed by atoms with Crippen molar-refractivity contribution in [2.45, 2.75) is 6.17 Å². The van der Waals surface area contributed by atoms with Crippen LogP contribution in [-0.4, -0.2) is 37.4 Å². The van der Waals surface area contributed by atoms with E-state index in [9.17, 15) is 9.18 Å². The molecule has 52 valence electrons. The number of amides is 1. The fraction of sp³-hybridized carbons (Fsp3) is 0.800. The number of ether oxygens (including phenoxy) is 1. The summed E-state index contributed by atoms with van der Waals surface area (Å²) in [6.07, 6.45) is -1.46. The minimum atomic E-state index is -1.02. The average Bonchev–Trinajstić information content (AvgIpc) is 1.80. The first-order chi connectivity index (χ1) is 4.20. The number of hydrogen-bond acceptors (Lipinski definition) is 2. The van der Waals surface area contributed by atoms with Crippen molar-refractivity contribution in [3.63, 3.8) is 0 Å². The van der Waals surface area contributed by atoms with Crippen molar-refractivity contribution in [1.82, 2.24) is 4.90 Å². The first kappa shape index (κ1) is 6.32. The molecular weight excluding hydrogens is 125 g/mol. The summed E-state index contributed by atoms with van der Waals surface area (Å²) >= 11 is 0. The van der Waals surface area contributed by atoms with Crippen LogP contribution < -0.4 is 0 Å². The molecule has 1 aliphatic heterocycles. The molecule has 1 unspecified atom stereocenters. The van der Waals surface area contributed by atoms with Crippen molar-refractivity contribution >= 4 is 6.09 Å². The van der Waals surface area contributed by atoms with Crippen LogP contribution in [0.1, 0.15) is 0 Å². The standard InChI is InChI=1S/C5H8FNO2/c1-7-2-4(6)3-9-5(7)8/h4H,2-3H2,1H3. The van der Waals surface area contributed by atoms with Crippen LogP contribution in [-0.2, 0) is 4.74 Å². The monoisotopic (exact) mass is 133 g/mol. The van der Waals surface area contributed by atoms with Crippen molar-refractivity contribution < 1.29 is 13.9 Å². The predicted molar refractivity (Wildman–Crippen MR) is 28.9 cm³/mol. The van der Waals surface area contributed by atoms with Gasteiger partial charge >= 0.3 is 6.09 Å². The van der Waals surface area contributed by atoms with Crippen molar-refractivity contribution in [3.05, 3.63) is 0 Å². The van der Waals surface area contributed by atoms with E-state index in [0.29, 0.717) is 0 Å². The molecule has 0 aromatic carbocycles. The van der Waals surface area contributed by atoms with Gasteiger partial charge in [-0.1, -0.05) is 0 Å². The van der Waals surface area contributed by atoms with Crippen molar-refractivity contribution in [2.24, 2.45) is 0 Å². The van der Waals surface area contributed by atoms with E-state index in [-0.39, 0.29) is 13.2 Å². The molecule has 1 fully saturated rings. The molecule has 1 saturated heterocycles. The molecule has 0 N–H and O–H groups in total. The Morgan fingerprint density at radius 1 is 1.89 bits per heavy atom. The normalized spacial score (nSPS) is 28.0. The number of carbonyl (C=O) groups excluding carboxylic acids is 1. The Morgan fingerprint density at radius 2 is 2.56 bits per heavy atom. The Kier molecular flexibility index (Phi) is 1.55. The Labute approximate surface area is 52.4 Å². The number of cyclic esters (lactones) is 1. The third kappa shape index (κ3) is 1.31. The second kappa shape index (κ2) is 2.21. The van der Waals surface area contributed by atoms with Gasteiger partial charge in [0.2, 0.25) is 0 Å². The summed E-state index contributed by atoms with van der Waals surface area (Å²) in [5.41, 5.74) is 0. The highest BCUT2D eigenvalue weighted by Crippen LogP contribution is 2.04. The van der Waals surface area contributed by atoms with Gasteiger partial charge in [-0.2, -0.15) is 0 Å². The van der Waals surface area contributed by atoms with Gasteiger partial charge < -0.3 is 9.64 Å². The van der Waals surface area contributed by atoms with Gasteiger partial charge in [-0.25, -0.2) is 9.18 Å². The Hall–Kier alpha value is -0.800. The predicted octanol–water partition coefficient (Wildman–Crippen LogP) is 0.407. The number of alkyl halides is 1. The van der Waals surface area contributed by atoms with E-state index in [1.165, 1.54) is 11.9 Å². The summed E-state index contributed by atoms with van der Waals surface area (Å²) in [6.45, 7) is 0.0575. The molecule has 0 aliphatic carbocycles. The van der Waals surface area contributed by atoms with E-state index in [0.717, 1.165) is 0 Å². The highest BCUT2D eigenvalue weighted by Gasteiger charge is 2.22. The second-order valence-corrected chi connectivity index (χ2v) is 2.05. The van der Waals surface area contributed by atoms with Crippen LogP contribution >= 0.6 is 0 Å². The highest BCUT2D eigenvalue weighted by atomic mass is 19.1. The van der Waals surface area contributed by atoms with E-state index in [1.54, 1.807) is 0 Å². The largest absolute Gasteiger partial charge is 0.446 e. The molecule has 1 amide bonds. The molecule has 0 aromatic rings. The molecule has 1 rings (SSSR count). The molecule has 9 heavy (non-hydrogen) atoms. The SMILES string of the molecule is CN1CC(F)COC1=O. The average molecular weight is 133 g/mol. The van der Waals surface area contributed by atoms with Crippen molar-refractivity contribution in [1.29, 1.82) is 0 Å². The van der Waals surface area contributed by atoms with Crippen LogP contribution in [0.2, 0.25) is 0 Å². The number of carbonyl (C=O) groups is 1. The maximum absolute atomic E-state index is 12.3. The van der Waals surface area contributed by atoms with Gasteiger partial charge in [0.25, 0.3) is 0 Å². The lowest BCUT2D eigenvalue weighted by molar-refractivity contribution is 0.0385. The molecule has 0 bridgehead atoms. The fourth-order valence-corrected chi connectivity index (χ4v) is 0.696. The summed E-state index contributed by atoms with van der Waals surface area (Å²) < 4.78 is 16.7. The van der Waals surface area contributed by atoms with Crippen LogP contribution in [0.3, 0.4) is 0 Å². The van der Waals surface area contributed by atoms with Crippen molar-refractivity contribution in [3.8, 4) is 0 Å².